The van der Waals surface area contributed by atoms with Crippen molar-refractivity contribution in [2.45, 2.75) is 20.4 Å². The van der Waals surface area contributed by atoms with Gasteiger partial charge in [-0.15, -0.1) is 0 Å². The van der Waals surface area contributed by atoms with Gasteiger partial charge in [-0.1, -0.05) is 18.5 Å². The maximum absolute atomic E-state index is 5.92. The molecule has 0 spiro atoms. The number of pyridine rings is 1. The second-order valence-corrected chi connectivity index (χ2v) is 4.73. The minimum atomic E-state index is 0.598. The number of hydrogen-bond acceptors (Lipinski definition) is 3. The van der Waals surface area contributed by atoms with E-state index in [1.807, 2.05) is 37.3 Å². The topological polar surface area (TPSA) is 34.2 Å². The highest BCUT2D eigenvalue weighted by molar-refractivity contribution is 6.30. The minimum Gasteiger partial charge on any atom is -0.439 e. The number of aromatic nitrogens is 1. The van der Waals surface area contributed by atoms with Crippen LogP contribution < -0.4 is 10.1 Å². The van der Waals surface area contributed by atoms with Crippen molar-refractivity contribution < 1.29 is 4.74 Å². The normalized spacial score (nSPS) is 10.5. The highest BCUT2D eigenvalue weighted by atomic mass is 35.5. The Labute approximate surface area is 118 Å². The van der Waals surface area contributed by atoms with Gasteiger partial charge in [0.05, 0.1) is 0 Å². The Bertz CT molecular complexity index is 558. The molecule has 19 heavy (non-hydrogen) atoms. The van der Waals surface area contributed by atoms with Gasteiger partial charge in [0.25, 0.3) is 0 Å². The van der Waals surface area contributed by atoms with E-state index in [1.54, 1.807) is 6.20 Å². The second kappa shape index (κ2) is 6.55. The number of aryl methyl sites for hydroxylation is 1. The number of rotatable bonds is 5. The molecule has 0 saturated heterocycles. The highest BCUT2D eigenvalue weighted by Crippen LogP contribution is 2.26. The summed E-state index contributed by atoms with van der Waals surface area (Å²) in [6.07, 6.45) is 1.76. The van der Waals surface area contributed by atoms with E-state index in [1.165, 1.54) is 0 Å². The van der Waals surface area contributed by atoms with Gasteiger partial charge in [-0.2, -0.15) is 0 Å². The summed E-state index contributed by atoms with van der Waals surface area (Å²) in [5, 5.41) is 3.98. The average Bonchev–Trinajstić information content (AvgIpc) is 2.40. The molecule has 1 aromatic heterocycles. The molecule has 2 aromatic rings. The molecule has 0 saturated carbocycles. The average molecular weight is 277 g/mol. The molecule has 0 unspecified atom stereocenters. The van der Waals surface area contributed by atoms with Crippen LogP contribution in [0, 0.1) is 6.92 Å². The SMILES string of the molecule is CCNCc1ccnc(Oc2ccc(Cl)cc2C)c1. The fourth-order valence-corrected chi connectivity index (χ4v) is 1.95. The van der Waals surface area contributed by atoms with Crippen molar-refractivity contribution in [1.82, 2.24) is 10.3 Å². The molecule has 0 amide bonds. The third kappa shape index (κ3) is 3.94. The number of nitrogens with zero attached hydrogens (tertiary/aromatic N) is 1. The molecule has 2 rings (SSSR count). The molecular weight excluding hydrogens is 260 g/mol. The monoisotopic (exact) mass is 276 g/mol. The predicted octanol–water partition coefficient (Wildman–Crippen LogP) is 3.95. The van der Waals surface area contributed by atoms with Gasteiger partial charge in [0, 0.05) is 23.8 Å². The molecule has 0 fully saturated rings. The van der Waals surface area contributed by atoms with Crippen LogP contribution in [0.3, 0.4) is 0 Å². The van der Waals surface area contributed by atoms with Crippen LogP contribution in [0.2, 0.25) is 5.02 Å². The van der Waals surface area contributed by atoms with Crippen LogP contribution in [0.25, 0.3) is 0 Å². The Balaban J connectivity index is 2.14. The Kier molecular flexibility index (Phi) is 4.77. The van der Waals surface area contributed by atoms with Crippen LogP contribution in [0.15, 0.2) is 36.5 Å². The van der Waals surface area contributed by atoms with Crippen molar-refractivity contribution in [3.63, 3.8) is 0 Å². The molecule has 0 bridgehead atoms. The molecule has 0 aliphatic carbocycles. The first-order valence-electron chi connectivity index (χ1n) is 6.28. The van der Waals surface area contributed by atoms with E-state index in [9.17, 15) is 0 Å². The van der Waals surface area contributed by atoms with Crippen LogP contribution in [-0.2, 0) is 6.54 Å². The highest BCUT2D eigenvalue weighted by Gasteiger charge is 2.04. The lowest BCUT2D eigenvalue weighted by Gasteiger charge is -2.09. The number of hydrogen-bond donors (Lipinski definition) is 1. The van der Waals surface area contributed by atoms with E-state index in [0.29, 0.717) is 10.9 Å². The van der Waals surface area contributed by atoms with Crippen molar-refractivity contribution in [2.75, 3.05) is 6.54 Å². The van der Waals surface area contributed by atoms with Crippen LogP contribution in [0.5, 0.6) is 11.6 Å². The third-order valence-electron chi connectivity index (χ3n) is 2.73. The van der Waals surface area contributed by atoms with Crippen LogP contribution in [0.1, 0.15) is 18.1 Å². The van der Waals surface area contributed by atoms with E-state index >= 15 is 0 Å². The molecule has 1 aromatic carbocycles. The fraction of sp³-hybridized carbons (Fsp3) is 0.267. The van der Waals surface area contributed by atoms with E-state index in [2.05, 4.69) is 17.2 Å². The van der Waals surface area contributed by atoms with Crippen molar-refractivity contribution in [3.05, 3.63) is 52.7 Å². The molecule has 1 N–H and O–H groups in total. The number of ether oxygens (including phenoxy) is 1. The summed E-state index contributed by atoms with van der Waals surface area (Å²) in [6.45, 7) is 5.79. The Morgan fingerprint density at radius 1 is 1.26 bits per heavy atom. The van der Waals surface area contributed by atoms with Gasteiger partial charge >= 0.3 is 0 Å². The van der Waals surface area contributed by atoms with Gasteiger partial charge in [-0.25, -0.2) is 4.98 Å². The molecular formula is C15H17ClN2O. The zero-order valence-corrected chi connectivity index (χ0v) is 11.9. The molecule has 0 radical (unpaired) electrons. The Morgan fingerprint density at radius 3 is 2.84 bits per heavy atom. The van der Waals surface area contributed by atoms with Crippen LogP contribution in [-0.4, -0.2) is 11.5 Å². The summed E-state index contributed by atoms with van der Waals surface area (Å²) in [7, 11) is 0. The van der Waals surface area contributed by atoms with Gasteiger partial charge in [-0.3, -0.25) is 0 Å². The van der Waals surface area contributed by atoms with Crippen LogP contribution >= 0.6 is 11.6 Å². The van der Waals surface area contributed by atoms with E-state index in [4.69, 9.17) is 16.3 Å². The lowest BCUT2D eigenvalue weighted by atomic mass is 10.2. The zero-order valence-electron chi connectivity index (χ0n) is 11.1. The Hall–Kier alpha value is -1.58. The minimum absolute atomic E-state index is 0.598. The quantitative estimate of drug-likeness (QED) is 0.898. The molecule has 0 aliphatic rings. The lowest BCUT2D eigenvalue weighted by Crippen LogP contribution is -2.11. The summed E-state index contributed by atoms with van der Waals surface area (Å²) in [5.41, 5.74) is 2.14. The molecule has 3 nitrogen and oxygen atoms in total. The maximum atomic E-state index is 5.92. The predicted molar refractivity (Wildman–Crippen MR) is 77.9 cm³/mol. The van der Waals surface area contributed by atoms with Gasteiger partial charge in [0.2, 0.25) is 5.88 Å². The summed E-state index contributed by atoms with van der Waals surface area (Å²) in [4.78, 5) is 4.22. The summed E-state index contributed by atoms with van der Waals surface area (Å²) < 4.78 is 5.79. The summed E-state index contributed by atoms with van der Waals surface area (Å²) in [5.74, 6) is 1.37. The smallest absolute Gasteiger partial charge is 0.219 e. The number of benzene rings is 1. The van der Waals surface area contributed by atoms with Gasteiger partial charge < -0.3 is 10.1 Å². The molecule has 1 heterocycles. The van der Waals surface area contributed by atoms with E-state index in [-0.39, 0.29) is 0 Å². The largest absolute Gasteiger partial charge is 0.439 e. The zero-order chi connectivity index (χ0) is 13.7. The van der Waals surface area contributed by atoms with E-state index in [0.717, 1.165) is 30.0 Å². The number of nitrogens with one attached hydrogen (secondary N) is 1. The molecule has 100 valence electrons. The first kappa shape index (κ1) is 13.8. The van der Waals surface area contributed by atoms with Crippen molar-refractivity contribution in [3.8, 4) is 11.6 Å². The van der Waals surface area contributed by atoms with Crippen molar-refractivity contribution >= 4 is 11.6 Å². The molecule has 4 heteroatoms. The standard InChI is InChI=1S/C15H17ClN2O/c1-3-17-10-12-6-7-18-15(9-12)19-14-5-4-13(16)8-11(14)2/h4-9,17H,3,10H2,1-2H3. The molecule has 0 atom stereocenters. The summed E-state index contributed by atoms with van der Waals surface area (Å²) >= 11 is 5.92. The van der Waals surface area contributed by atoms with Gasteiger partial charge in [0.15, 0.2) is 0 Å². The molecule has 0 aliphatic heterocycles. The van der Waals surface area contributed by atoms with Crippen molar-refractivity contribution in [1.29, 1.82) is 0 Å². The maximum Gasteiger partial charge on any atom is 0.219 e. The van der Waals surface area contributed by atoms with Gasteiger partial charge in [-0.05, 0) is 48.9 Å². The Morgan fingerprint density at radius 2 is 2.11 bits per heavy atom. The first-order chi connectivity index (χ1) is 9.19. The van der Waals surface area contributed by atoms with Gasteiger partial charge in [0.1, 0.15) is 5.75 Å². The van der Waals surface area contributed by atoms with Crippen molar-refractivity contribution in [2.24, 2.45) is 0 Å². The second-order valence-electron chi connectivity index (χ2n) is 4.29. The summed E-state index contributed by atoms with van der Waals surface area (Å²) in [6, 6.07) is 9.46. The fourth-order valence-electron chi connectivity index (χ4n) is 1.73. The number of halogens is 1. The lowest BCUT2D eigenvalue weighted by molar-refractivity contribution is 0.458. The first-order valence-corrected chi connectivity index (χ1v) is 6.66. The van der Waals surface area contributed by atoms with Crippen LogP contribution in [0.4, 0.5) is 0 Å². The third-order valence-corrected chi connectivity index (χ3v) is 2.96. The van der Waals surface area contributed by atoms with E-state index < -0.39 is 0 Å².